The third-order valence-electron chi connectivity index (χ3n) is 2.77. The van der Waals surface area contributed by atoms with Gasteiger partial charge in [-0.3, -0.25) is 4.79 Å². The lowest BCUT2D eigenvalue weighted by atomic mass is 9.85. The van der Waals surface area contributed by atoms with E-state index in [0.717, 1.165) is 5.57 Å². The van der Waals surface area contributed by atoms with Gasteiger partial charge in [0.15, 0.2) is 0 Å². The van der Waals surface area contributed by atoms with E-state index in [-0.39, 0.29) is 0 Å². The lowest BCUT2D eigenvalue weighted by Crippen LogP contribution is -2.46. The summed E-state index contributed by atoms with van der Waals surface area (Å²) in [5.74, 6) is -1.47. The molecule has 102 valence electrons. The largest absolute Gasteiger partial charge is 0.481 e. The monoisotopic (exact) mass is 255 g/mol. The van der Waals surface area contributed by atoms with Gasteiger partial charge < -0.3 is 15.2 Å². The van der Waals surface area contributed by atoms with Crippen molar-refractivity contribution in [3.63, 3.8) is 0 Å². The Morgan fingerprint density at radius 1 is 1.44 bits per heavy atom. The first-order chi connectivity index (χ1) is 8.19. The van der Waals surface area contributed by atoms with Crippen LogP contribution in [0.5, 0.6) is 0 Å². The first-order valence-corrected chi connectivity index (χ1v) is 6.07. The number of carbonyl (C=O) groups excluding carboxylic acids is 1. The number of carboxylic acid groups (broad SMARTS) is 1. The highest BCUT2D eigenvalue weighted by atomic mass is 16.6. The van der Waals surface area contributed by atoms with Crippen LogP contribution in [0, 0.1) is 5.92 Å². The van der Waals surface area contributed by atoms with Gasteiger partial charge in [-0.1, -0.05) is 11.6 Å². The molecule has 1 rings (SSSR count). The molecule has 2 atom stereocenters. The lowest BCUT2D eigenvalue weighted by molar-refractivity contribution is -0.142. The summed E-state index contributed by atoms with van der Waals surface area (Å²) in [6, 6.07) is -0.401. The third-order valence-corrected chi connectivity index (χ3v) is 2.77. The molecule has 0 fully saturated rings. The highest BCUT2D eigenvalue weighted by molar-refractivity contribution is 5.74. The number of hydrogen-bond acceptors (Lipinski definition) is 3. The van der Waals surface area contributed by atoms with Gasteiger partial charge in [-0.15, -0.1) is 0 Å². The second-order valence-electron chi connectivity index (χ2n) is 5.69. The smallest absolute Gasteiger partial charge is 0.407 e. The molecule has 2 unspecified atom stereocenters. The van der Waals surface area contributed by atoms with Gasteiger partial charge in [0, 0.05) is 6.04 Å². The van der Waals surface area contributed by atoms with Gasteiger partial charge in [0.05, 0.1) is 5.92 Å². The molecule has 0 radical (unpaired) electrons. The fourth-order valence-corrected chi connectivity index (χ4v) is 1.95. The van der Waals surface area contributed by atoms with Crippen molar-refractivity contribution in [1.82, 2.24) is 5.32 Å². The minimum absolute atomic E-state index is 0.401. The van der Waals surface area contributed by atoms with Crippen LogP contribution < -0.4 is 5.32 Å². The van der Waals surface area contributed by atoms with Crippen LogP contribution in [0.25, 0.3) is 0 Å². The zero-order valence-electron chi connectivity index (χ0n) is 11.3. The molecule has 0 saturated carbocycles. The predicted molar refractivity (Wildman–Crippen MR) is 67.3 cm³/mol. The van der Waals surface area contributed by atoms with E-state index in [0.29, 0.717) is 12.8 Å². The molecule has 2 N–H and O–H groups in total. The maximum Gasteiger partial charge on any atom is 0.407 e. The SMILES string of the molecule is CC1=CCC(C(=O)O)C(NC(=O)OC(C)(C)C)C1. The van der Waals surface area contributed by atoms with Crippen LogP contribution in [0.2, 0.25) is 0 Å². The molecule has 5 nitrogen and oxygen atoms in total. The van der Waals surface area contributed by atoms with E-state index in [1.165, 1.54) is 0 Å². The number of ether oxygens (including phenoxy) is 1. The highest BCUT2D eigenvalue weighted by Crippen LogP contribution is 2.24. The Hall–Kier alpha value is -1.52. The van der Waals surface area contributed by atoms with Gasteiger partial charge in [0.25, 0.3) is 0 Å². The standard InChI is InChI=1S/C13H21NO4/c1-8-5-6-9(11(15)16)10(7-8)14-12(17)18-13(2,3)4/h5,9-10H,6-7H2,1-4H3,(H,14,17)(H,15,16). The van der Waals surface area contributed by atoms with E-state index < -0.39 is 29.6 Å². The third kappa shape index (κ3) is 4.39. The maximum atomic E-state index is 11.7. The van der Waals surface area contributed by atoms with Crippen LogP contribution >= 0.6 is 0 Å². The molecule has 0 aromatic rings. The van der Waals surface area contributed by atoms with E-state index in [4.69, 9.17) is 9.84 Å². The first-order valence-electron chi connectivity index (χ1n) is 6.07. The van der Waals surface area contributed by atoms with Gasteiger partial charge >= 0.3 is 12.1 Å². The molecular formula is C13H21NO4. The van der Waals surface area contributed by atoms with Crippen molar-refractivity contribution in [3.8, 4) is 0 Å². The number of hydrogen-bond donors (Lipinski definition) is 2. The van der Waals surface area contributed by atoms with Crippen molar-refractivity contribution in [1.29, 1.82) is 0 Å². The Balaban J connectivity index is 2.66. The van der Waals surface area contributed by atoms with Crippen molar-refractivity contribution in [2.24, 2.45) is 5.92 Å². The summed E-state index contributed by atoms with van der Waals surface area (Å²) in [5, 5.41) is 11.8. The van der Waals surface area contributed by atoms with Crippen molar-refractivity contribution in [3.05, 3.63) is 11.6 Å². The van der Waals surface area contributed by atoms with E-state index in [1.807, 2.05) is 13.0 Å². The molecule has 0 bridgehead atoms. The highest BCUT2D eigenvalue weighted by Gasteiger charge is 2.32. The second-order valence-corrected chi connectivity index (χ2v) is 5.69. The summed E-state index contributed by atoms with van der Waals surface area (Å²) in [4.78, 5) is 22.8. The number of carbonyl (C=O) groups is 2. The number of alkyl carbamates (subject to hydrolysis) is 1. The van der Waals surface area contributed by atoms with Crippen molar-refractivity contribution >= 4 is 12.1 Å². The summed E-state index contributed by atoms with van der Waals surface area (Å²) in [6.07, 6.45) is 2.35. The maximum absolute atomic E-state index is 11.7. The zero-order chi connectivity index (χ0) is 13.9. The summed E-state index contributed by atoms with van der Waals surface area (Å²) >= 11 is 0. The molecule has 0 aliphatic heterocycles. The molecule has 0 saturated heterocycles. The second kappa shape index (κ2) is 5.42. The van der Waals surface area contributed by atoms with Crippen LogP contribution in [-0.2, 0) is 9.53 Å². The van der Waals surface area contributed by atoms with Gasteiger partial charge in [-0.2, -0.15) is 0 Å². The van der Waals surface area contributed by atoms with E-state index >= 15 is 0 Å². The molecule has 0 aromatic carbocycles. The first kappa shape index (κ1) is 14.5. The minimum atomic E-state index is -0.889. The van der Waals surface area contributed by atoms with E-state index in [2.05, 4.69) is 5.32 Å². The Morgan fingerprint density at radius 2 is 2.06 bits per heavy atom. The zero-order valence-corrected chi connectivity index (χ0v) is 11.3. The number of carboxylic acids is 1. The Bertz CT molecular complexity index is 368. The Kier molecular flexibility index (Phi) is 4.38. The van der Waals surface area contributed by atoms with Crippen molar-refractivity contribution in [2.75, 3.05) is 0 Å². The summed E-state index contributed by atoms with van der Waals surface area (Å²) in [5.41, 5.74) is 0.510. The van der Waals surface area contributed by atoms with Crippen LogP contribution in [0.4, 0.5) is 4.79 Å². The number of nitrogens with one attached hydrogen (secondary N) is 1. The fraction of sp³-hybridized carbons (Fsp3) is 0.692. The molecule has 1 amide bonds. The molecule has 0 heterocycles. The average Bonchev–Trinajstić information content (AvgIpc) is 2.13. The Labute approximate surface area is 107 Å². The number of aliphatic carboxylic acids is 1. The molecule has 0 aromatic heterocycles. The summed E-state index contributed by atoms with van der Waals surface area (Å²) < 4.78 is 5.14. The van der Waals surface area contributed by atoms with E-state index in [1.54, 1.807) is 20.8 Å². The molecule has 0 spiro atoms. The topological polar surface area (TPSA) is 75.6 Å². The van der Waals surface area contributed by atoms with Crippen LogP contribution in [0.15, 0.2) is 11.6 Å². The minimum Gasteiger partial charge on any atom is -0.481 e. The molecule has 18 heavy (non-hydrogen) atoms. The van der Waals surface area contributed by atoms with Gasteiger partial charge in [0.1, 0.15) is 5.60 Å². The van der Waals surface area contributed by atoms with Crippen molar-refractivity contribution < 1.29 is 19.4 Å². The van der Waals surface area contributed by atoms with Crippen LogP contribution in [0.3, 0.4) is 0 Å². The predicted octanol–water partition coefficient (Wildman–Crippen LogP) is 2.32. The average molecular weight is 255 g/mol. The number of amides is 1. The van der Waals surface area contributed by atoms with Crippen LogP contribution in [-0.4, -0.2) is 28.8 Å². The number of allylic oxidation sites excluding steroid dienone is 1. The van der Waals surface area contributed by atoms with E-state index in [9.17, 15) is 9.59 Å². The molecular weight excluding hydrogens is 234 g/mol. The molecule has 1 aliphatic rings. The quantitative estimate of drug-likeness (QED) is 0.742. The van der Waals surface area contributed by atoms with Gasteiger partial charge in [-0.05, 0) is 40.5 Å². The Morgan fingerprint density at radius 3 is 2.56 bits per heavy atom. The number of rotatable bonds is 2. The summed E-state index contributed by atoms with van der Waals surface area (Å²) in [7, 11) is 0. The van der Waals surface area contributed by atoms with Crippen LogP contribution in [0.1, 0.15) is 40.5 Å². The fourth-order valence-electron chi connectivity index (χ4n) is 1.95. The van der Waals surface area contributed by atoms with Crippen molar-refractivity contribution in [2.45, 2.75) is 52.2 Å². The lowest BCUT2D eigenvalue weighted by Gasteiger charge is -2.29. The van der Waals surface area contributed by atoms with Gasteiger partial charge in [0.2, 0.25) is 0 Å². The molecule has 1 aliphatic carbocycles. The van der Waals surface area contributed by atoms with Gasteiger partial charge in [-0.25, -0.2) is 4.79 Å². The molecule has 5 heteroatoms. The normalized spacial score (nSPS) is 24.1. The summed E-state index contributed by atoms with van der Waals surface area (Å²) in [6.45, 7) is 7.25.